The third-order valence-electron chi connectivity index (χ3n) is 13.9. The van der Waals surface area contributed by atoms with Gasteiger partial charge in [-0.25, -0.2) is 22.5 Å². The summed E-state index contributed by atoms with van der Waals surface area (Å²) in [5.74, 6) is -2.66. The van der Waals surface area contributed by atoms with Crippen molar-refractivity contribution in [2.24, 2.45) is 17.8 Å². The number of aromatic nitrogens is 3. The van der Waals surface area contributed by atoms with E-state index in [0.717, 1.165) is 32.1 Å². The number of rotatable bonds is 16. The molecule has 2 aromatic carbocycles. The Labute approximate surface area is 360 Å². The van der Waals surface area contributed by atoms with Gasteiger partial charge in [0.2, 0.25) is 17.7 Å². The SMILES string of the molecule is CCC(C)C(=O)NC(C(=O)N1CC(F)CC1Cn1c(-c2[nH]c3cc(F)ccc3c2CC2CC(F)CN2C(=O)C(CC)CC(=O)C(C)NC)nc2cc(F)ccc21)C1CCCCC1. The normalized spacial score (nSPS) is 22.9. The summed E-state index contributed by atoms with van der Waals surface area (Å²) in [5, 5.41) is 6.61. The molecule has 8 unspecified atom stereocenters. The maximum Gasteiger partial charge on any atom is 0.245 e. The molecule has 0 spiro atoms. The minimum Gasteiger partial charge on any atom is -0.352 e. The number of imidazole rings is 1. The number of fused-ring (bicyclic) bond motifs is 2. The first kappa shape index (κ1) is 45.2. The van der Waals surface area contributed by atoms with E-state index in [2.05, 4.69) is 15.6 Å². The molecule has 62 heavy (non-hydrogen) atoms. The van der Waals surface area contributed by atoms with Gasteiger partial charge in [-0.15, -0.1) is 0 Å². The predicted octanol–water partition coefficient (Wildman–Crippen LogP) is 7.59. The number of hydrogen-bond donors (Lipinski definition) is 3. The second-order valence-electron chi connectivity index (χ2n) is 18.0. The van der Waals surface area contributed by atoms with Gasteiger partial charge in [0, 0.05) is 60.7 Å². The molecular weight excluding hydrogens is 803 g/mol. The Balaban J connectivity index is 1.27. The highest BCUT2D eigenvalue weighted by atomic mass is 19.1. The number of carbonyl (C=O) groups is 4. The Morgan fingerprint density at radius 3 is 2.21 bits per heavy atom. The van der Waals surface area contributed by atoms with Gasteiger partial charge in [-0.05, 0) is 87.9 Å². The van der Waals surface area contributed by atoms with Crippen LogP contribution in [0.1, 0.15) is 97.5 Å². The van der Waals surface area contributed by atoms with E-state index < -0.39 is 54.1 Å². The number of amides is 3. The molecule has 3 aliphatic rings. The summed E-state index contributed by atoms with van der Waals surface area (Å²) >= 11 is 0. The molecule has 336 valence electrons. The topological polar surface area (TPSA) is 132 Å². The molecule has 1 saturated carbocycles. The number of ketones is 1. The zero-order chi connectivity index (χ0) is 44.4. The number of aromatic amines is 1. The van der Waals surface area contributed by atoms with E-state index in [4.69, 9.17) is 4.98 Å². The zero-order valence-corrected chi connectivity index (χ0v) is 36.5. The van der Waals surface area contributed by atoms with Crippen LogP contribution in [0, 0.1) is 29.4 Å². The third-order valence-corrected chi connectivity index (χ3v) is 13.9. The van der Waals surface area contributed by atoms with Crippen molar-refractivity contribution in [3.8, 4) is 11.5 Å². The molecule has 2 saturated heterocycles. The first-order chi connectivity index (χ1) is 29.7. The van der Waals surface area contributed by atoms with E-state index in [1.165, 1.54) is 29.2 Å². The Morgan fingerprint density at radius 2 is 1.53 bits per heavy atom. The lowest BCUT2D eigenvalue weighted by atomic mass is 9.83. The number of nitrogens with one attached hydrogen (secondary N) is 3. The minimum absolute atomic E-state index is 0.0156. The van der Waals surface area contributed by atoms with Gasteiger partial charge in [0.05, 0.1) is 41.9 Å². The fraction of sp³-hybridized carbons (Fsp3) is 0.596. The molecule has 4 heterocycles. The Morgan fingerprint density at radius 1 is 0.871 bits per heavy atom. The highest BCUT2D eigenvalue weighted by molar-refractivity contribution is 5.93. The van der Waals surface area contributed by atoms with Gasteiger partial charge in [0.15, 0.2) is 5.82 Å². The lowest BCUT2D eigenvalue weighted by Gasteiger charge is -2.35. The lowest BCUT2D eigenvalue weighted by molar-refractivity contribution is -0.140. The second kappa shape index (κ2) is 19.3. The maximum atomic E-state index is 15.7. The number of Topliss-reactive ketones (excluding diaryl/α,β-unsaturated/α-hetero) is 1. The minimum atomic E-state index is -1.33. The zero-order valence-electron chi connectivity index (χ0n) is 36.5. The molecule has 3 N–H and O–H groups in total. The molecular formula is C47H61F4N7O4. The van der Waals surface area contributed by atoms with E-state index in [-0.39, 0.29) is 80.7 Å². The molecule has 4 aromatic rings. The Bertz CT molecular complexity index is 2270. The van der Waals surface area contributed by atoms with Crippen molar-refractivity contribution in [1.82, 2.24) is 35.0 Å². The van der Waals surface area contributed by atoms with Crippen LogP contribution < -0.4 is 10.6 Å². The van der Waals surface area contributed by atoms with Crippen LogP contribution in [0.25, 0.3) is 33.5 Å². The van der Waals surface area contributed by atoms with Crippen LogP contribution in [-0.2, 0) is 32.1 Å². The van der Waals surface area contributed by atoms with Gasteiger partial charge in [-0.2, -0.15) is 0 Å². The van der Waals surface area contributed by atoms with Crippen molar-refractivity contribution in [3.05, 3.63) is 53.6 Å². The van der Waals surface area contributed by atoms with Crippen LogP contribution in [0.3, 0.4) is 0 Å². The smallest absolute Gasteiger partial charge is 0.245 e. The number of nitrogens with zero attached hydrogens (tertiary/aromatic N) is 4. The molecule has 0 radical (unpaired) electrons. The molecule has 15 heteroatoms. The molecule has 2 aromatic heterocycles. The van der Waals surface area contributed by atoms with E-state index in [1.807, 2.05) is 25.3 Å². The summed E-state index contributed by atoms with van der Waals surface area (Å²) in [7, 11) is 1.68. The molecule has 0 bridgehead atoms. The summed E-state index contributed by atoms with van der Waals surface area (Å²) in [6, 6.07) is 5.95. The summed E-state index contributed by atoms with van der Waals surface area (Å²) in [6.07, 6.45) is 3.09. The van der Waals surface area contributed by atoms with Crippen molar-refractivity contribution in [1.29, 1.82) is 0 Å². The molecule has 3 amide bonds. The standard InChI is InChI=1S/C47H61F4N7O4/c1-6-26(3)45(60)55-42(29-11-9-8-10-12-29)47(62)57-24-33(51)19-35(57)25-58-40-16-14-31(49)21-39(40)54-44(58)43-37(36-15-13-30(48)20-38(36)53-43)22-34-18-32(50)23-56(34)46(61)28(7-2)17-41(59)27(4)52-5/h13-16,20-21,26-29,32-35,42,52-53H,6-12,17-19,22-25H2,1-5H3,(H,55,60). The lowest BCUT2D eigenvalue weighted by Crippen LogP contribution is -2.55. The first-order valence-electron chi connectivity index (χ1n) is 22.6. The predicted molar refractivity (Wildman–Crippen MR) is 231 cm³/mol. The van der Waals surface area contributed by atoms with Crippen LogP contribution in [0.2, 0.25) is 0 Å². The average Bonchev–Trinajstić information content (AvgIpc) is 4.03. The summed E-state index contributed by atoms with van der Waals surface area (Å²) in [5.41, 5.74) is 2.33. The van der Waals surface area contributed by atoms with Gasteiger partial charge in [0.1, 0.15) is 35.8 Å². The molecule has 2 aliphatic heterocycles. The molecule has 7 rings (SSSR count). The number of likely N-dealkylation sites (N-methyl/N-ethyl adjacent to an activating group) is 1. The number of carbonyl (C=O) groups excluding carboxylic acids is 4. The molecule has 1 aliphatic carbocycles. The quantitative estimate of drug-likeness (QED) is 0.0996. The van der Waals surface area contributed by atoms with E-state index in [1.54, 1.807) is 31.0 Å². The van der Waals surface area contributed by atoms with Crippen molar-refractivity contribution < 1.29 is 36.7 Å². The van der Waals surface area contributed by atoms with Gasteiger partial charge >= 0.3 is 0 Å². The van der Waals surface area contributed by atoms with E-state index in [0.29, 0.717) is 51.9 Å². The largest absolute Gasteiger partial charge is 0.352 e. The number of benzene rings is 2. The van der Waals surface area contributed by atoms with Crippen LogP contribution >= 0.6 is 0 Å². The summed E-state index contributed by atoms with van der Waals surface area (Å²) in [4.78, 5) is 66.4. The molecule has 11 nitrogen and oxygen atoms in total. The summed E-state index contributed by atoms with van der Waals surface area (Å²) in [6.45, 7) is 7.11. The highest BCUT2D eigenvalue weighted by Crippen LogP contribution is 2.38. The van der Waals surface area contributed by atoms with E-state index >= 15 is 8.78 Å². The molecule has 8 atom stereocenters. The third kappa shape index (κ3) is 9.42. The Kier molecular flexibility index (Phi) is 14.1. The number of likely N-dealkylation sites (tertiary alicyclic amines) is 2. The number of H-pyrrole nitrogens is 1. The van der Waals surface area contributed by atoms with Crippen molar-refractivity contribution in [3.63, 3.8) is 0 Å². The van der Waals surface area contributed by atoms with Crippen molar-refractivity contribution >= 4 is 45.4 Å². The van der Waals surface area contributed by atoms with Crippen LogP contribution in [-0.4, -0.2) is 104 Å². The van der Waals surface area contributed by atoms with Gasteiger partial charge in [-0.1, -0.05) is 40.0 Å². The number of halogens is 4. The maximum absolute atomic E-state index is 15.7. The van der Waals surface area contributed by atoms with Crippen molar-refractivity contribution in [2.45, 2.75) is 141 Å². The van der Waals surface area contributed by atoms with Crippen LogP contribution in [0.15, 0.2) is 36.4 Å². The van der Waals surface area contributed by atoms with Gasteiger partial charge < -0.3 is 30.0 Å². The number of hydrogen-bond acceptors (Lipinski definition) is 6. The Hall–Kier alpha value is -4.79. The average molecular weight is 864 g/mol. The van der Waals surface area contributed by atoms with Gasteiger partial charge in [0.25, 0.3) is 0 Å². The van der Waals surface area contributed by atoms with Gasteiger partial charge in [-0.3, -0.25) is 19.2 Å². The fourth-order valence-electron chi connectivity index (χ4n) is 9.91. The van der Waals surface area contributed by atoms with Crippen molar-refractivity contribution in [2.75, 3.05) is 20.1 Å². The van der Waals surface area contributed by atoms with Crippen LogP contribution in [0.4, 0.5) is 17.6 Å². The fourth-order valence-corrected chi connectivity index (χ4v) is 9.91. The van der Waals surface area contributed by atoms with Crippen LogP contribution in [0.5, 0.6) is 0 Å². The second-order valence-corrected chi connectivity index (χ2v) is 18.0. The monoisotopic (exact) mass is 863 g/mol. The summed E-state index contributed by atoms with van der Waals surface area (Å²) < 4.78 is 62.7. The first-order valence-corrected chi connectivity index (χ1v) is 22.6. The molecule has 3 fully saturated rings. The highest BCUT2D eigenvalue weighted by Gasteiger charge is 2.43. The number of alkyl halides is 2. The van der Waals surface area contributed by atoms with E-state index in [9.17, 15) is 28.0 Å².